The predicted molar refractivity (Wildman–Crippen MR) is 57.5 cm³/mol. The van der Waals surface area contributed by atoms with Crippen molar-refractivity contribution in [2.24, 2.45) is 4.99 Å². The number of halogens is 1. The van der Waals surface area contributed by atoms with Crippen LogP contribution in [-0.4, -0.2) is 23.8 Å². The minimum atomic E-state index is -0.499. The van der Waals surface area contributed by atoms with Crippen LogP contribution in [0.5, 0.6) is 0 Å². The first-order valence-electron chi connectivity index (χ1n) is 4.42. The van der Waals surface area contributed by atoms with Gasteiger partial charge in [-0.15, -0.1) is 0 Å². The molecule has 0 saturated carbocycles. The summed E-state index contributed by atoms with van der Waals surface area (Å²) in [4.78, 5) is 14.3. The van der Waals surface area contributed by atoms with E-state index in [1.54, 1.807) is 12.1 Å². The van der Waals surface area contributed by atoms with E-state index in [1.165, 1.54) is 6.07 Å². The molecule has 0 fully saturated rings. The molecule has 6 heteroatoms. The molecule has 0 aromatic heterocycles. The van der Waals surface area contributed by atoms with Crippen molar-refractivity contribution in [2.75, 3.05) is 13.1 Å². The number of rotatable bonds is 2. The molecule has 0 radical (unpaired) electrons. The fourth-order valence-corrected chi connectivity index (χ4v) is 1.71. The number of hydrogen-bond acceptors (Lipinski definition) is 4. The summed E-state index contributed by atoms with van der Waals surface area (Å²) in [6.07, 6.45) is 0. The van der Waals surface area contributed by atoms with Gasteiger partial charge in [0.25, 0.3) is 5.69 Å². The molecule has 2 rings (SSSR count). The van der Waals surface area contributed by atoms with Gasteiger partial charge in [0.1, 0.15) is 10.9 Å². The second-order valence-electron chi connectivity index (χ2n) is 3.05. The number of hydrogen-bond donors (Lipinski definition) is 1. The van der Waals surface area contributed by atoms with Crippen LogP contribution in [-0.2, 0) is 0 Å². The lowest BCUT2D eigenvalue weighted by Gasteiger charge is -2.04. The quantitative estimate of drug-likeness (QED) is 0.614. The summed E-state index contributed by atoms with van der Waals surface area (Å²) in [6.45, 7) is 1.42. The summed E-state index contributed by atoms with van der Waals surface area (Å²) in [7, 11) is 0. The Morgan fingerprint density at radius 2 is 2.33 bits per heavy atom. The Kier molecular flexibility index (Phi) is 2.55. The Hall–Kier alpha value is -1.62. The van der Waals surface area contributed by atoms with Gasteiger partial charge in [-0.05, 0) is 6.07 Å². The summed E-state index contributed by atoms with van der Waals surface area (Å²) in [5.74, 6) is 0.628. The summed E-state index contributed by atoms with van der Waals surface area (Å²) < 4.78 is 0. The Bertz CT molecular complexity index is 445. The van der Waals surface area contributed by atoms with Gasteiger partial charge in [0.05, 0.1) is 11.5 Å². The average molecular weight is 226 g/mol. The van der Waals surface area contributed by atoms with Crippen molar-refractivity contribution in [3.8, 4) is 0 Å². The van der Waals surface area contributed by atoms with Gasteiger partial charge in [-0.25, -0.2) is 0 Å². The number of amidine groups is 1. The maximum absolute atomic E-state index is 10.6. The molecule has 1 aromatic rings. The molecule has 0 saturated heterocycles. The average Bonchev–Trinajstić information content (AvgIpc) is 2.70. The first-order chi connectivity index (χ1) is 7.20. The van der Waals surface area contributed by atoms with E-state index in [0.29, 0.717) is 17.9 Å². The minimum Gasteiger partial charge on any atom is -0.368 e. The number of aliphatic imine (C=N–C) groups is 1. The zero-order valence-electron chi connectivity index (χ0n) is 7.74. The largest absolute Gasteiger partial charge is 0.368 e. The summed E-state index contributed by atoms with van der Waals surface area (Å²) >= 11 is 5.92. The van der Waals surface area contributed by atoms with Crippen LogP contribution in [0.3, 0.4) is 0 Å². The molecule has 1 heterocycles. The van der Waals surface area contributed by atoms with Crippen LogP contribution in [0.4, 0.5) is 5.69 Å². The smallest absolute Gasteiger partial charge is 0.288 e. The molecule has 1 N–H and O–H groups in total. The first-order valence-corrected chi connectivity index (χ1v) is 4.79. The molecular formula is C9H8ClN3O2. The van der Waals surface area contributed by atoms with Crippen molar-refractivity contribution in [3.05, 3.63) is 38.9 Å². The van der Waals surface area contributed by atoms with Crippen molar-refractivity contribution >= 4 is 23.1 Å². The second kappa shape index (κ2) is 3.86. The molecule has 15 heavy (non-hydrogen) atoms. The number of nitrogens with zero attached hydrogens (tertiary/aromatic N) is 2. The van der Waals surface area contributed by atoms with Crippen molar-refractivity contribution in [2.45, 2.75) is 0 Å². The van der Waals surface area contributed by atoms with Crippen molar-refractivity contribution in [1.82, 2.24) is 5.32 Å². The second-order valence-corrected chi connectivity index (χ2v) is 3.43. The maximum atomic E-state index is 10.6. The van der Waals surface area contributed by atoms with E-state index < -0.39 is 4.92 Å². The number of nitro groups is 1. The molecule has 0 atom stereocenters. The van der Waals surface area contributed by atoms with E-state index >= 15 is 0 Å². The SMILES string of the molecule is O=[N+]([O-])c1cccc(C2=NCCN2)c1Cl. The normalized spacial score (nSPS) is 14.6. The highest BCUT2D eigenvalue weighted by atomic mass is 35.5. The van der Waals surface area contributed by atoms with E-state index in [-0.39, 0.29) is 10.7 Å². The van der Waals surface area contributed by atoms with E-state index in [9.17, 15) is 10.1 Å². The minimum absolute atomic E-state index is 0.0921. The summed E-state index contributed by atoms with van der Waals surface area (Å²) in [6, 6.07) is 4.69. The molecule has 1 aliphatic rings. The third kappa shape index (κ3) is 1.78. The first kappa shape index (κ1) is 9.92. The van der Waals surface area contributed by atoms with E-state index in [1.807, 2.05) is 0 Å². The van der Waals surface area contributed by atoms with Crippen LogP contribution in [0.25, 0.3) is 0 Å². The third-order valence-corrected chi connectivity index (χ3v) is 2.50. The number of benzene rings is 1. The van der Waals surface area contributed by atoms with Gasteiger partial charge in [-0.3, -0.25) is 15.1 Å². The molecule has 78 valence electrons. The zero-order chi connectivity index (χ0) is 10.8. The van der Waals surface area contributed by atoms with E-state index in [0.717, 1.165) is 6.54 Å². The monoisotopic (exact) mass is 225 g/mol. The fraction of sp³-hybridized carbons (Fsp3) is 0.222. The lowest BCUT2D eigenvalue weighted by Crippen LogP contribution is -2.19. The topological polar surface area (TPSA) is 67.5 Å². The highest BCUT2D eigenvalue weighted by Crippen LogP contribution is 2.28. The Morgan fingerprint density at radius 1 is 1.53 bits per heavy atom. The number of nitrogens with one attached hydrogen (secondary N) is 1. The molecule has 0 aliphatic carbocycles. The molecule has 1 aromatic carbocycles. The molecular weight excluding hydrogens is 218 g/mol. The van der Waals surface area contributed by atoms with Gasteiger partial charge >= 0.3 is 0 Å². The Morgan fingerprint density at radius 3 is 2.93 bits per heavy atom. The van der Waals surface area contributed by atoms with Gasteiger partial charge < -0.3 is 5.32 Å². The van der Waals surface area contributed by atoms with Crippen LogP contribution in [0.1, 0.15) is 5.56 Å². The molecule has 0 bridgehead atoms. The molecule has 0 amide bonds. The van der Waals surface area contributed by atoms with E-state index in [4.69, 9.17) is 11.6 Å². The van der Waals surface area contributed by atoms with Crippen molar-refractivity contribution < 1.29 is 4.92 Å². The summed E-state index contributed by atoms with van der Waals surface area (Å²) in [5.41, 5.74) is 0.494. The van der Waals surface area contributed by atoms with Gasteiger partial charge in [-0.1, -0.05) is 17.7 Å². The van der Waals surface area contributed by atoms with E-state index in [2.05, 4.69) is 10.3 Å². The zero-order valence-corrected chi connectivity index (χ0v) is 8.49. The lowest BCUT2D eigenvalue weighted by molar-refractivity contribution is -0.384. The molecule has 0 spiro atoms. The van der Waals surface area contributed by atoms with Crippen LogP contribution >= 0.6 is 11.6 Å². The number of nitro benzene ring substituents is 1. The molecule has 0 unspecified atom stereocenters. The van der Waals surface area contributed by atoms with Crippen molar-refractivity contribution in [3.63, 3.8) is 0 Å². The maximum Gasteiger partial charge on any atom is 0.288 e. The molecule has 5 nitrogen and oxygen atoms in total. The van der Waals surface area contributed by atoms with Gasteiger partial charge in [0.2, 0.25) is 0 Å². The molecule has 1 aliphatic heterocycles. The van der Waals surface area contributed by atoms with Gasteiger partial charge in [0.15, 0.2) is 0 Å². The lowest BCUT2D eigenvalue weighted by atomic mass is 10.2. The van der Waals surface area contributed by atoms with Crippen LogP contribution in [0.2, 0.25) is 5.02 Å². The summed E-state index contributed by atoms with van der Waals surface area (Å²) in [5, 5.41) is 13.8. The van der Waals surface area contributed by atoms with Crippen LogP contribution in [0, 0.1) is 10.1 Å². The fourth-order valence-electron chi connectivity index (χ4n) is 1.42. The van der Waals surface area contributed by atoms with Crippen LogP contribution < -0.4 is 5.32 Å². The van der Waals surface area contributed by atoms with Gasteiger partial charge in [0, 0.05) is 18.2 Å². The Balaban J connectivity index is 2.48. The van der Waals surface area contributed by atoms with Crippen LogP contribution in [0.15, 0.2) is 23.2 Å². The standard InChI is InChI=1S/C9H8ClN3O2/c10-8-6(9-11-4-5-12-9)2-1-3-7(8)13(14)15/h1-3H,4-5H2,(H,11,12). The third-order valence-electron chi connectivity index (χ3n) is 2.10. The van der Waals surface area contributed by atoms with Crippen molar-refractivity contribution in [1.29, 1.82) is 0 Å². The predicted octanol–water partition coefficient (Wildman–Crippen LogP) is 1.60. The highest BCUT2D eigenvalue weighted by Gasteiger charge is 2.19. The van der Waals surface area contributed by atoms with Gasteiger partial charge in [-0.2, -0.15) is 0 Å². The highest BCUT2D eigenvalue weighted by molar-refractivity contribution is 6.36. The Labute approximate surface area is 90.9 Å².